The molecule has 1 aromatic heterocycles. The number of aryl methyl sites for hydroxylation is 2. The Morgan fingerprint density at radius 2 is 1.75 bits per heavy atom. The highest BCUT2D eigenvalue weighted by molar-refractivity contribution is 5.82. The van der Waals surface area contributed by atoms with Gasteiger partial charge in [0.1, 0.15) is 5.75 Å². The number of nitrogens with zero attached hydrogens (tertiary/aromatic N) is 3. The van der Waals surface area contributed by atoms with Crippen LogP contribution < -0.4 is 5.56 Å². The van der Waals surface area contributed by atoms with Crippen LogP contribution in [0.15, 0.2) is 76.6 Å². The fourth-order valence-corrected chi connectivity index (χ4v) is 3.00. The molecule has 0 aliphatic carbocycles. The molecule has 0 unspecified atom stereocenters. The van der Waals surface area contributed by atoms with E-state index < -0.39 is 0 Å². The van der Waals surface area contributed by atoms with Crippen LogP contribution in [0.25, 0.3) is 22.3 Å². The number of rotatable bonds is 3. The molecule has 4 rings (SSSR count). The van der Waals surface area contributed by atoms with Crippen LogP contribution >= 0.6 is 0 Å². The Hall–Kier alpha value is -3.73. The fourth-order valence-electron chi connectivity index (χ4n) is 3.00. The van der Waals surface area contributed by atoms with Gasteiger partial charge in [-0.1, -0.05) is 42.0 Å². The van der Waals surface area contributed by atoms with Gasteiger partial charge >= 0.3 is 0 Å². The lowest BCUT2D eigenvalue weighted by molar-refractivity contribution is 0.471. The van der Waals surface area contributed by atoms with Crippen molar-refractivity contribution in [3.05, 3.63) is 93.8 Å². The van der Waals surface area contributed by atoms with Gasteiger partial charge in [-0.05, 0) is 55.3 Å². The van der Waals surface area contributed by atoms with Crippen LogP contribution in [0.4, 0.5) is 0 Å². The van der Waals surface area contributed by atoms with Gasteiger partial charge in [-0.3, -0.25) is 4.79 Å². The topological polar surface area (TPSA) is 67.5 Å². The summed E-state index contributed by atoms with van der Waals surface area (Å²) in [6.07, 6.45) is 1.60. The predicted octanol–water partition coefficient (Wildman–Crippen LogP) is 4.27. The molecule has 1 N–H and O–H groups in total. The van der Waals surface area contributed by atoms with E-state index in [0.717, 1.165) is 22.3 Å². The molecule has 3 aromatic carbocycles. The summed E-state index contributed by atoms with van der Waals surface area (Å²) in [6.45, 7) is 3.82. The Balaban J connectivity index is 1.92. The molecule has 0 atom stereocenters. The molecule has 0 amide bonds. The van der Waals surface area contributed by atoms with Crippen molar-refractivity contribution in [2.24, 2.45) is 5.10 Å². The molecule has 0 fully saturated rings. The van der Waals surface area contributed by atoms with Gasteiger partial charge in [0.05, 0.1) is 17.1 Å². The summed E-state index contributed by atoms with van der Waals surface area (Å²) in [5, 5.41) is 14.6. The predicted molar refractivity (Wildman–Crippen MR) is 112 cm³/mol. The van der Waals surface area contributed by atoms with Crippen molar-refractivity contribution < 1.29 is 5.11 Å². The van der Waals surface area contributed by atoms with E-state index in [0.29, 0.717) is 16.7 Å². The minimum absolute atomic E-state index is 0.224. The lowest BCUT2D eigenvalue weighted by Crippen LogP contribution is -2.20. The summed E-state index contributed by atoms with van der Waals surface area (Å²) < 4.78 is 1.33. The first-order valence-corrected chi connectivity index (χ1v) is 8.96. The number of para-hydroxylation sites is 1. The van der Waals surface area contributed by atoms with Crippen LogP contribution in [-0.4, -0.2) is 21.0 Å². The van der Waals surface area contributed by atoms with Crippen molar-refractivity contribution in [2.45, 2.75) is 13.8 Å². The Morgan fingerprint density at radius 1 is 1.00 bits per heavy atom. The standard InChI is InChI=1S/C23H19N3O2/c1-15-7-10-18(11-8-15)22-25-20-6-4-3-5-19(20)23(28)26(22)24-14-17-9-12-21(27)16(2)13-17/h3-14,27H,1-2H3/b24-14+. The van der Waals surface area contributed by atoms with E-state index in [1.54, 1.807) is 24.4 Å². The number of phenols is 1. The molecule has 0 spiro atoms. The zero-order chi connectivity index (χ0) is 19.7. The Bertz CT molecular complexity index is 1260. The summed E-state index contributed by atoms with van der Waals surface area (Å²) in [7, 11) is 0. The van der Waals surface area contributed by atoms with E-state index in [2.05, 4.69) is 10.1 Å². The van der Waals surface area contributed by atoms with Crippen LogP contribution in [0.5, 0.6) is 5.75 Å². The van der Waals surface area contributed by atoms with Crippen LogP contribution in [0.3, 0.4) is 0 Å². The SMILES string of the molecule is Cc1ccc(-c2nc3ccccc3c(=O)n2/N=C/c2ccc(O)c(C)c2)cc1. The van der Waals surface area contributed by atoms with Gasteiger partial charge in [-0.2, -0.15) is 9.78 Å². The largest absolute Gasteiger partial charge is 0.508 e. The van der Waals surface area contributed by atoms with E-state index in [1.165, 1.54) is 4.68 Å². The number of benzene rings is 3. The maximum atomic E-state index is 13.1. The molecule has 0 bridgehead atoms. The summed E-state index contributed by atoms with van der Waals surface area (Å²) in [4.78, 5) is 17.8. The third kappa shape index (κ3) is 3.30. The quantitative estimate of drug-likeness (QED) is 0.549. The van der Waals surface area contributed by atoms with Crippen molar-refractivity contribution in [1.29, 1.82) is 0 Å². The molecule has 0 aliphatic heterocycles. The highest BCUT2D eigenvalue weighted by Crippen LogP contribution is 2.20. The van der Waals surface area contributed by atoms with E-state index in [-0.39, 0.29) is 11.3 Å². The molecule has 5 heteroatoms. The minimum Gasteiger partial charge on any atom is -0.508 e. The second-order valence-corrected chi connectivity index (χ2v) is 6.73. The number of phenolic OH excluding ortho intramolecular Hbond substituents is 1. The maximum absolute atomic E-state index is 13.1. The smallest absolute Gasteiger partial charge is 0.282 e. The molecule has 5 nitrogen and oxygen atoms in total. The number of fused-ring (bicyclic) bond motifs is 1. The van der Waals surface area contributed by atoms with Crippen LogP contribution in [0.1, 0.15) is 16.7 Å². The molecule has 0 saturated carbocycles. The van der Waals surface area contributed by atoms with Crippen LogP contribution in [0, 0.1) is 13.8 Å². The third-order valence-corrected chi connectivity index (χ3v) is 4.61. The maximum Gasteiger partial charge on any atom is 0.282 e. The number of aromatic hydroxyl groups is 1. The summed E-state index contributed by atoms with van der Waals surface area (Å²) in [5.74, 6) is 0.706. The number of hydrogen-bond donors (Lipinski definition) is 1. The first-order valence-electron chi connectivity index (χ1n) is 8.96. The first-order chi connectivity index (χ1) is 13.5. The monoisotopic (exact) mass is 369 g/mol. The number of aromatic nitrogens is 2. The molecule has 0 radical (unpaired) electrons. The summed E-state index contributed by atoms with van der Waals surface area (Å²) in [5.41, 5.74) is 3.87. The van der Waals surface area contributed by atoms with Gasteiger partial charge < -0.3 is 5.11 Å². The molecule has 4 aromatic rings. The van der Waals surface area contributed by atoms with Crippen molar-refractivity contribution in [1.82, 2.24) is 9.66 Å². The van der Waals surface area contributed by atoms with Gasteiger partial charge in [0, 0.05) is 5.56 Å². The lowest BCUT2D eigenvalue weighted by Gasteiger charge is -2.10. The second kappa shape index (κ2) is 7.12. The van der Waals surface area contributed by atoms with Crippen molar-refractivity contribution >= 4 is 17.1 Å². The number of hydrogen-bond acceptors (Lipinski definition) is 4. The van der Waals surface area contributed by atoms with E-state index in [9.17, 15) is 9.90 Å². The Labute approximate surface area is 162 Å². The average molecular weight is 369 g/mol. The second-order valence-electron chi connectivity index (χ2n) is 6.73. The van der Waals surface area contributed by atoms with Gasteiger partial charge in [-0.15, -0.1) is 0 Å². The zero-order valence-electron chi connectivity index (χ0n) is 15.6. The highest BCUT2D eigenvalue weighted by atomic mass is 16.3. The van der Waals surface area contributed by atoms with E-state index >= 15 is 0 Å². The molecule has 0 saturated heterocycles. The minimum atomic E-state index is -0.229. The average Bonchev–Trinajstić information content (AvgIpc) is 2.70. The molecule has 138 valence electrons. The van der Waals surface area contributed by atoms with Crippen LogP contribution in [0.2, 0.25) is 0 Å². The van der Waals surface area contributed by atoms with Crippen molar-refractivity contribution in [3.8, 4) is 17.1 Å². The molecule has 28 heavy (non-hydrogen) atoms. The van der Waals surface area contributed by atoms with Crippen molar-refractivity contribution in [3.63, 3.8) is 0 Å². The van der Waals surface area contributed by atoms with Gasteiger partial charge in [0.25, 0.3) is 5.56 Å². The fraction of sp³-hybridized carbons (Fsp3) is 0.0870. The lowest BCUT2D eigenvalue weighted by atomic mass is 10.1. The van der Waals surface area contributed by atoms with E-state index in [1.807, 2.05) is 62.4 Å². The Morgan fingerprint density at radius 3 is 2.50 bits per heavy atom. The highest BCUT2D eigenvalue weighted by Gasteiger charge is 2.12. The normalized spacial score (nSPS) is 11.4. The molecule has 1 heterocycles. The van der Waals surface area contributed by atoms with Crippen molar-refractivity contribution in [2.75, 3.05) is 0 Å². The third-order valence-electron chi connectivity index (χ3n) is 4.61. The van der Waals surface area contributed by atoms with Gasteiger partial charge in [-0.25, -0.2) is 4.98 Å². The first kappa shape index (κ1) is 17.7. The molecule has 0 aliphatic rings. The molecular formula is C23H19N3O2. The summed E-state index contributed by atoms with van der Waals surface area (Å²) in [6, 6.07) is 20.2. The van der Waals surface area contributed by atoms with E-state index in [4.69, 9.17) is 0 Å². The van der Waals surface area contributed by atoms with Gasteiger partial charge in [0.15, 0.2) is 5.82 Å². The zero-order valence-corrected chi connectivity index (χ0v) is 15.6. The summed E-state index contributed by atoms with van der Waals surface area (Å²) >= 11 is 0. The van der Waals surface area contributed by atoms with Crippen LogP contribution in [-0.2, 0) is 0 Å². The Kier molecular flexibility index (Phi) is 4.49. The molecular weight excluding hydrogens is 350 g/mol. The van der Waals surface area contributed by atoms with Gasteiger partial charge in [0.2, 0.25) is 0 Å².